The average Bonchev–Trinajstić information content (AvgIpc) is 2.79. The first-order chi connectivity index (χ1) is 8.27. The van der Waals surface area contributed by atoms with Gasteiger partial charge in [0.2, 0.25) is 0 Å². The number of aromatic nitrogens is 3. The van der Waals surface area contributed by atoms with Crippen LogP contribution in [-0.4, -0.2) is 14.7 Å². The summed E-state index contributed by atoms with van der Waals surface area (Å²) in [6.07, 6.45) is 6.61. The zero-order valence-corrected chi connectivity index (χ0v) is 9.31. The molecule has 1 aliphatic carbocycles. The Hall–Kier alpha value is -1.85. The third kappa shape index (κ3) is 1.60. The Morgan fingerprint density at radius 3 is 2.82 bits per heavy atom. The SMILES string of the molecule is O=c1[nH]c(=O)n(C2CCCCC2)c2nocc12. The van der Waals surface area contributed by atoms with Gasteiger partial charge in [0, 0.05) is 6.04 Å². The van der Waals surface area contributed by atoms with Crippen LogP contribution in [0.3, 0.4) is 0 Å². The van der Waals surface area contributed by atoms with Crippen molar-refractivity contribution in [1.82, 2.24) is 14.7 Å². The molecule has 0 atom stereocenters. The highest BCUT2D eigenvalue weighted by molar-refractivity contribution is 5.71. The number of aromatic amines is 1. The Kier molecular flexibility index (Phi) is 2.35. The van der Waals surface area contributed by atoms with Gasteiger partial charge in [0.05, 0.1) is 0 Å². The summed E-state index contributed by atoms with van der Waals surface area (Å²) in [4.78, 5) is 25.7. The van der Waals surface area contributed by atoms with Crippen molar-refractivity contribution in [2.24, 2.45) is 0 Å². The molecule has 0 saturated heterocycles. The number of hydrogen-bond acceptors (Lipinski definition) is 4. The van der Waals surface area contributed by atoms with E-state index >= 15 is 0 Å². The summed E-state index contributed by atoms with van der Waals surface area (Å²) in [5.41, 5.74) is -0.452. The lowest BCUT2D eigenvalue weighted by atomic mass is 9.95. The van der Waals surface area contributed by atoms with Crippen LogP contribution in [0.25, 0.3) is 11.0 Å². The highest BCUT2D eigenvalue weighted by atomic mass is 16.5. The fourth-order valence-corrected chi connectivity index (χ4v) is 2.56. The molecule has 0 bridgehead atoms. The van der Waals surface area contributed by atoms with Crippen molar-refractivity contribution in [3.05, 3.63) is 27.1 Å². The van der Waals surface area contributed by atoms with E-state index in [4.69, 9.17) is 4.52 Å². The molecule has 0 aromatic carbocycles. The lowest BCUT2D eigenvalue weighted by Crippen LogP contribution is -2.33. The molecule has 1 fully saturated rings. The van der Waals surface area contributed by atoms with E-state index in [1.165, 1.54) is 12.7 Å². The van der Waals surface area contributed by atoms with Gasteiger partial charge >= 0.3 is 5.69 Å². The molecule has 0 amide bonds. The quantitative estimate of drug-likeness (QED) is 0.804. The van der Waals surface area contributed by atoms with E-state index in [9.17, 15) is 9.59 Å². The first-order valence-corrected chi connectivity index (χ1v) is 5.86. The minimum atomic E-state index is -0.432. The molecule has 1 N–H and O–H groups in total. The van der Waals surface area contributed by atoms with Crippen LogP contribution in [0.15, 0.2) is 20.4 Å². The normalized spacial score (nSPS) is 17.6. The fraction of sp³-hybridized carbons (Fsp3) is 0.545. The summed E-state index contributed by atoms with van der Waals surface area (Å²) < 4.78 is 6.37. The molecule has 0 radical (unpaired) electrons. The Balaban J connectivity index is 2.24. The summed E-state index contributed by atoms with van der Waals surface area (Å²) >= 11 is 0. The van der Waals surface area contributed by atoms with Crippen molar-refractivity contribution in [2.75, 3.05) is 0 Å². The van der Waals surface area contributed by atoms with Gasteiger partial charge in [0.1, 0.15) is 11.6 Å². The fourth-order valence-electron chi connectivity index (χ4n) is 2.56. The molecular formula is C11H13N3O3. The van der Waals surface area contributed by atoms with Crippen molar-refractivity contribution in [3.8, 4) is 0 Å². The number of nitrogens with zero attached hydrogens (tertiary/aromatic N) is 2. The van der Waals surface area contributed by atoms with E-state index in [0.29, 0.717) is 11.0 Å². The Morgan fingerprint density at radius 2 is 2.06 bits per heavy atom. The smallest absolute Gasteiger partial charge is 0.330 e. The molecule has 2 aromatic rings. The predicted molar refractivity (Wildman–Crippen MR) is 61.0 cm³/mol. The molecule has 0 aliphatic heterocycles. The number of hydrogen-bond donors (Lipinski definition) is 1. The van der Waals surface area contributed by atoms with Gasteiger partial charge in [-0.25, -0.2) is 4.79 Å². The lowest BCUT2D eigenvalue weighted by Gasteiger charge is -2.23. The second-order valence-electron chi connectivity index (χ2n) is 4.47. The van der Waals surface area contributed by atoms with Crippen molar-refractivity contribution in [3.63, 3.8) is 0 Å². The summed E-state index contributed by atoms with van der Waals surface area (Å²) in [5.74, 6) is 0. The van der Waals surface area contributed by atoms with Crippen LogP contribution in [0.4, 0.5) is 0 Å². The van der Waals surface area contributed by atoms with Crippen LogP contribution in [-0.2, 0) is 0 Å². The summed E-state index contributed by atoms with van der Waals surface area (Å²) in [6, 6.07) is 0.126. The molecule has 6 heteroatoms. The molecule has 2 aromatic heterocycles. The van der Waals surface area contributed by atoms with Crippen LogP contribution < -0.4 is 11.2 Å². The van der Waals surface area contributed by atoms with Gasteiger partial charge < -0.3 is 4.52 Å². The average molecular weight is 235 g/mol. The first kappa shape index (κ1) is 10.3. The maximum Gasteiger partial charge on any atom is 0.330 e. The Morgan fingerprint density at radius 1 is 1.29 bits per heavy atom. The van der Waals surface area contributed by atoms with Crippen LogP contribution >= 0.6 is 0 Å². The predicted octanol–water partition coefficient (Wildman–Crippen LogP) is 1.18. The van der Waals surface area contributed by atoms with Gasteiger partial charge in [-0.2, -0.15) is 0 Å². The van der Waals surface area contributed by atoms with Crippen LogP contribution in [0, 0.1) is 0 Å². The maximum atomic E-state index is 11.9. The van der Waals surface area contributed by atoms with E-state index < -0.39 is 5.56 Å². The number of H-pyrrole nitrogens is 1. The number of rotatable bonds is 1. The summed E-state index contributed by atoms with van der Waals surface area (Å²) in [5, 5.41) is 4.13. The monoisotopic (exact) mass is 235 g/mol. The standard InChI is InChI=1S/C11H13N3O3/c15-10-8-6-17-13-9(8)14(11(16)12-10)7-4-2-1-3-5-7/h6-7H,1-5H2,(H,12,15,16). The maximum absolute atomic E-state index is 11.9. The molecule has 90 valence electrons. The van der Waals surface area contributed by atoms with Gasteiger partial charge in [0.25, 0.3) is 5.56 Å². The third-order valence-corrected chi connectivity index (χ3v) is 3.40. The number of nitrogens with one attached hydrogen (secondary N) is 1. The highest BCUT2D eigenvalue weighted by Gasteiger charge is 2.21. The van der Waals surface area contributed by atoms with Crippen LogP contribution in [0.5, 0.6) is 0 Å². The zero-order valence-electron chi connectivity index (χ0n) is 9.31. The van der Waals surface area contributed by atoms with Crippen molar-refractivity contribution >= 4 is 11.0 Å². The van der Waals surface area contributed by atoms with E-state index in [1.807, 2.05) is 0 Å². The van der Waals surface area contributed by atoms with Crippen molar-refractivity contribution in [1.29, 1.82) is 0 Å². The second kappa shape index (κ2) is 3.87. The molecule has 2 heterocycles. The molecule has 17 heavy (non-hydrogen) atoms. The van der Waals surface area contributed by atoms with E-state index in [-0.39, 0.29) is 11.7 Å². The van der Waals surface area contributed by atoms with Gasteiger partial charge in [-0.05, 0) is 12.8 Å². The van der Waals surface area contributed by atoms with Gasteiger partial charge in [-0.1, -0.05) is 24.4 Å². The minimum Gasteiger partial charge on any atom is -0.362 e. The molecular weight excluding hydrogens is 222 g/mol. The second-order valence-corrected chi connectivity index (χ2v) is 4.47. The minimum absolute atomic E-state index is 0.126. The highest BCUT2D eigenvalue weighted by Crippen LogP contribution is 2.28. The van der Waals surface area contributed by atoms with Gasteiger partial charge in [-0.15, -0.1) is 0 Å². The van der Waals surface area contributed by atoms with E-state index in [0.717, 1.165) is 25.7 Å². The number of fused-ring (bicyclic) bond motifs is 1. The molecule has 1 aliphatic rings. The topological polar surface area (TPSA) is 80.9 Å². The van der Waals surface area contributed by atoms with E-state index in [1.54, 1.807) is 4.57 Å². The van der Waals surface area contributed by atoms with Crippen molar-refractivity contribution in [2.45, 2.75) is 38.1 Å². The first-order valence-electron chi connectivity index (χ1n) is 5.86. The lowest BCUT2D eigenvalue weighted by molar-refractivity contribution is 0.343. The van der Waals surface area contributed by atoms with Crippen LogP contribution in [0.1, 0.15) is 38.1 Å². The molecule has 3 rings (SSSR count). The van der Waals surface area contributed by atoms with Crippen LogP contribution in [0.2, 0.25) is 0 Å². The van der Waals surface area contributed by atoms with Gasteiger partial charge in [0.15, 0.2) is 5.65 Å². The summed E-state index contributed by atoms with van der Waals surface area (Å²) in [7, 11) is 0. The largest absolute Gasteiger partial charge is 0.362 e. The Labute approximate surface area is 96.2 Å². The molecule has 6 nitrogen and oxygen atoms in total. The third-order valence-electron chi connectivity index (χ3n) is 3.40. The molecule has 0 spiro atoms. The van der Waals surface area contributed by atoms with Gasteiger partial charge in [-0.3, -0.25) is 14.3 Å². The Bertz CT molecular complexity index is 646. The molecule has 1 saturated carbocycles. The zero-order chi connectivity index (χ0) is 11.8. The van der Waals surface area contributed by atoms with E-state index in [2.05, 4.69) is 10.1 Å². The summed E-state index contributed by atoms with van der Waals surface area (Å²) in [6.45, 7) is 0. The van der Waals surface area contributed by atoms with Crippen molar-refractivity contribution < 1.29 is 4.52 Å². The molecule has 0 unspecified atom stereocenters.